The van der Waals surface area contributed by atoms with Crippen molar-refractivity contribution in [1.82, 2.24) is 4.98 Å². The van der Waals surface area contributed by atoms with E-state index in [1.807, 2.05) is 20.8 Å². The Bertz CT molecular complexity index is 596. The molecule has 0 fully saturated rings. The fourth-order valence-corrected chi connectivity index (χ4v) is 2.46. The summed E-state index contributed by atoms with van der Waals surface area (Å²) < 4.78 is 14.1. The molecule has 18 heavy (non-hydrogen) atoms. The Hall–Kier alpha value is -1.35. The highest BCUT2D eigenvalue weighted by atomic mass is 35.5. The smallest absolute Gasteiger partial charge is 0.134 e. The van der Waals surface area contributed by atoms with Gasteiger partial charge in [0.05, 0.1) is 21.6 Å². The molecule has 0 unspecified atom stereocenters. The minimum atomic E-state index is -0.285. The Balaban J connectivity index is 2.91. The number of aryl methyl sites for hydroxylation is 1. The number of rotatable bonds is 3. The first-order valence-electron chi connectivity index (χ1n) is 6.11. The summed E-state index contributed by atoms with van der Waals surface area (Å²) in [5.41, 5.74) is 3.30. The summed E-state index contributed by atoms with van der Waals surface area (Å²) >= 11 is 6.11. The molecular weight excluding hydrogens is 251 g/mol. The van der Waals surface area contributed by atoms with Crippen molar-refractivity contribution in [2.24, 2.45) is 0 Å². The Morgan fingerprint density at radius 1 is 1.33 bits per heavy atom. The van der Waals surface area contributed by atoms with Gasteiger partial charge in [-0.1, -0.05) is 18.5 Å². The number of hydrogen-bond donors (Lipinski definition) is 1. The van der Waals surface area contributed by atoms with E-state index < -0.39 is 0 Å². The summed E-state index contributed by atoms with van der Waals surface area (Å²) in [5.74, 6) is -0.285. The SMILES string of the molecule is CCNc1c(CC)c(C)nc2c(Cl)ccc(F)c12. The molecule has 96 valence electrons. The van der Waals surface area contributed by atoms with Crippen molar-refractivity contribution in [2.45, 2.75) is 27.2 Å². The lowest BCUT2D eigenvalue weighted by Crippen LogP contribution is -2.06. The molecule has 2 nitrogen and oxygen atoms in total. The van der Waals surface area contributed by atoms with Crippen LogP contribution in [0.15, 0.2) is 12.1 Å². The molecular formula is C14H16ClFN2. The highest BCUT2D eigenvalue weighted by molar-refractivity contribution is 6.35. The lowest BCUT2D eigenvalue weighted by Gasteiger charge is -2.16. The van der Waals surface area contributed by atoms with E-state index in [1.165, 1.54) is 6.07 Å². The molecule has 1 aromatic heterocycles. The third-order valence-corrected chi connectivity index (χ3v) is 3.36. The zero-order valence-electron chi connectivity index (χ0n) is 10.8. The Morgan fingerprint density at radius 2 is 2.06 bits per heavy atom. The Kier molecular flexibility index (Phi) is 3.71. The van der Waals surface area contributed by atoms with Gasteiger partial charge < -0.3 is 5.32 Å². The van der Waals surface area contributed by atoms with E-state index in [1.54, 1.807) is 6.07 Å². The van der Waals surface area contributed by atoms with Crippen LogP contribution in [0.3, 0.4) is 0 Å². The van der Waals surface area contributed by atoms with Gasteiger partial charge in [-0.25, -0.2) is 4.39 Å². The fourth-order valence-electron chi connectivity index (χ4n) is 2.26. The second kappa shape index (κ2) is 5.11. The van der Waals surface area contributed by atoms with Crippen molar-refractivity contribution in [3.05, 3.63) is 34.2 Å². The highest BCUT2D eigenvalue weighted by Crippen LogP contribution is 2.34. The molecule has 0 aliphatic heterocycles. The van der Waals surface area contributed by atoms with Crippen LogP contribution in [0, 0.1) is 12.7 Å². The molecule has 1 N–H and O–H groups in total. The lowest BCUT2D eigenvalue weighted by molar-refractivity contribution is 0.639. The van der Waals surface area contributed by atoms with Crippen LogP contribution < -0.4 is 5.32 Å². The summed E-state index contributed by atoms with van der Waals surface area (Å²) in [7, 11) is 0. The van der Waals surface area contributed by atoms with Gasteiger partial charge in [-0.2, -0.15) is 0 Å². The van der Waals surface area contributed by atoms with Crippen LogP contribution in [0.25, 0.3) is 10.9 Å². The van der Waals surface area contributed by atoms with Crippen molar-refractivity contribution in [2.75, 3.05) is 11.9 Å². The predicted octanol–water partition coefficient (Wildman–Crippen LogP) is 4.33. The minimum absolute atomic E-state index is 0.285. The van der Waals surface area contributed by atoms with Crippen LogP contribution in [-0.4, -0.2) is 11.5 Å². The number of fused-ring (bicyclic) bond motifs is 1. The van der Waals surface area contributed by atoms with Crippen molar-refractivity contribution < 1.29 is 4.39 Å². The normalized spacial score (nSPS) is 10.9. The molecule has 0 aliphatic rings. The Labute approximate surface area is 111 Å². The third kappa shape index (κ3) is 2.03. The molecule has 0 spiro atoms. The zero-order chi connectivity index (χ0) is 13.3. The van der Waals surface area contributed by atoms with Crippen LogP contribution in [0.1, 0.15) is 25.1 Å². The summed E-state index contributed by atoms with van der Waals surface area (Å²) in [5, 5.41) is 4.22. The van der Waals surface area contributed by atoms with E-state index in [0.717, 1.165) is 29.9 Å². The first-order chi connectivity index (χ1) is 8.60. The molecule has 4 heteroatoms. The number of pyridine rings is 1. The molecule has 1 aromatic carbocycles. The van der Waals surface area contributed by atoms with E-state index in [9.17, 15) is 4.39 Å². The van der Waals surface area contributed by atoms with Crippen LogP contribution in [0.4, 0.5) is 10.1 Å². The monoisotopic (exact) mass is 266 g/mol. The maximum atomic E-state index is 14.1. The molecule has 0 amide bonds. The van der Waals surface area contributed by atoms with E-state index in [2.05, 4.69) is 10.3 Å². The van der Waals surface area contributed by atoms with E-state index >= 15 is 0 Å². The molecule has 0 saturated carbocycles. The quantitative estimate of drug-likeness (QED) is 0.894. The van der Waals surface area contributed by atoms with Gasteiger partial charge in [-0.3, -0.25) is 4.98 Å². The number of aromatic nitrogens is 1. The number of benzene rings is 1. The summed E-state index contributed by atoms with van der Waals surface area (Å²) in [6.45, 7) is 6.69. The van der Waals surface area contributed by atoms with Crippen LogP contribution in [0.2, 0.25) is 5.02 Å². The fraction of sp³-hybridized carbons (Fsp3) is 0.357. The molecule has 0 radical (unpaired) electrons. The second-order valence-electron chi connectivity index (χ2n) is 4.19. The maximum absolute atomic E-state index is 14.1. The topological polar surface area (TPSA) is 24.9 Å². The number of anilines is 1. The molecule has 0 bridgehead atoms. The summed E-state index contributed by atoms with van der Waals surface area (Å²) in [4.78, 5) is 4.44. The number of nitrogens with zero attached hydrogens (tertiary/aromatic N) is 1. The Morgan fingerprint density at radius 3 is 2.67 bits per heavy atom. The third-order valence-electron chi connectivity index (χ3n) is 3.05. The largest absolute Gasteiger partial charge is 0.384 e. The van der Waals surface area contributed by atoms with E-state index in [0.29, 0.717) is 15.9 Å². The van der Waals surface area contributed by atoms with Crippen molar-refractivity contribution >= 4 is 28.2 Å². The van der Waals surface area contributed by atoms with Gasteiger partial charge in [0.15, 0.2) is 0 Å². The summed E-state index contributed by atoms with van der Waals surface area (Å²) in [6, 6.07) is 2.94. The zero-order valence-corrected chi connectivity index (χ0v) is 11.5. The van der Waals surface area contributed by atoms with Gasteiger partial charge >= 0.3 is 0 Å². The van der Waals surface area contributed by atoms with Crippen molar-refractivity contribution in [3.8, 4) is 0 Å². The van der Waals surface area contributed by atoms with Gasteiger partial charge in [0, 0.05) is 12.2 Å². The predicted molar refractivity (Wildman–Crippen MR) is 75.0 cm³/mol. The second-order valence-corrected chi connectivity index (χ2v) is 4.59. The van der Waals surface area contributed by atoms with Crippen molar-refractivity contribution in [3.63, 3.8) is 0 Å². The van der Waals surface area contributed by atoms with Crippen molar-refractivity contribution in [1.29, 1.82) is 0 Å². The first kappa shape index (κ1) is 13.1. The van der Waals surface area contributed by atoms with Crippen LogP contribution >= 0.6 is 11.6 Å². The maximum Gasteiger partial charge on any atom is 0.134 e. The van der Waals surface area contributed by atoms with Gasteiger partial charge in [0.2, 0.25) is 0 Å². The van der Waals surface area contributed by atoms with E-state index in [4.69, 9.17) is 11.6 Å². The molecule has 1 heterocycles. The number of nitrogens with one attached hydrogen (secondary N) is 1. The molecule has 2 rings (SSSR count). The molecule has 0 atom stereocenters. The van der Waals surface area contributed by atoms with Crippen LogP contribution in [-0.2, 0) is 6.42 Å². The standard InChI is InChI=1S/C14H16ClFN2/c1-4-9-8(3)18-14-10(15)6-7-11(16)12(14)13(9)17-5-2/h6-7H,4-5H2,1-3H3,(H,17,18). The van der Waals surface area contributed by atoms with Gasteiger partial charge in [-0.05, 0) is 38.0 Å². The first-order valence-corrected chi connectivity index (χ1v) is 6.49. The molecule has 0 aliphatic carbocycles. The summed E-state index contributed by atoms with van der Waals surface area (Å²) in [6.07, 6.45) is 0.809. The van der Waals surface area contributed by atoms with Crippen LogP contribution in [0.5, 0.6) is 0 Å². The number of hydrogen-bond acceptors (Lipinski definition) is 2. The lowest BCUT2D eigenvalue weighted by atomic mass is 10.0. The average Bonchev–Trinajstić information content (AvgIpc) is 2.34. The van der Waals surface area contributed by atoms with E-state index in [-0.39, 0.29) is 5.82 Å². The van der Waals surface area contributed by atoms with Gasteiger partial charge in [-0.15, -0.1) is 0 Å². The molecule has 2 aromatic rings. The van der Waals surface area contributed by atoms with Gasteiger partial charge in [0.25, 0.3) is 0 Å². The molecule has 0 saturated heterocycles. The average molecular weight is 267 g/mol. The minimum Gasteiger partial charge on any atom is -0.384 e. The highest BCUT2D eigenvalue weighted by Gasteiger charge is 2.16. The number of halogens is 2. The van der Waals surface area contributed by atoms with Gasteiger partial charge in [0.1, 0.15) is 5.82 Å².